The third-order valence-corrected chi connectivity index (χ3v) is 5.63. The Labute approximate surface area is 128 Å². The molecule has 0 saturated heterocycles. The van der Waals surface area contributed by atoms with Crippen molar-refractivity contribution in [3.63, 3.8) is 0 Å². The molecular formula is C14H13ClN2OS2. The fraction of sp³-hybridized carbons (Fsp3) is 0.214. The molecule has 0 N–H and O–H groups in total. The largest absolute Gasteiger partial charge is 0.307 e. The van der Waals surface area contributed by atoms with Crippen LogP contribution in [0.4, 0.5) is 0 Å². The molecule has 0 saturated carbocycles. The first-order valence-electron chi connectivity index (χ1n) is 6.14. The van der Waals surface area contributed by atoms with E-state index in [4.69, 9.17) is 11.6 Å². The first-order valence-corrected chi connectivity index (χ1v) is 8.82. The highest BCUT2D eigenvalue weighted by atomic mass is 35.5. The van der Waals surface area contributed by atoms with Crippen molar-refractivity contribution in [3.8, 4) is 0 Å². The molecule has 1 unspecified atom stereocenters. The van der Waals surface area contributed by atoms with Gasteiger partial charge in [-0.05, 0) is 30.7 Å². The zero-order valence-electron chi connectivity index (χ0n) is 10.9. The Morgan fingerprint density at radius 3 is 2.90 bits per heavy atom. The maximum Gasteiger partial charge on any atom is 0.139 e. The highest BCUT2D eigenvalue weighted by molar-refractivity contribution is 7.83. The number of pyridine rings is 1. The minimum atomic E-state index is -0.966. The molecule has 6 heteroatoms. The van der Waals surface area contributed by atoms with Crippen molar-refractivity contribution < 1.29 is 4.21 Å². The summed E-state index contributed by atoms with van der Waals surface area (Å²) in [6.07, 6.45) is 3.91. The Morgan fingerprint density at radius 2 is 2.20 bits per heavy atom. The van der Waals surface area contributed by atoms with Crippen LogP contribution in [0.1, 0.15) is 16.1 Å². The van der Waals surface area contributed by atoms with E-state index in [2.05, 4.69) is 4.98 Å². The van der Waals surface area contributed by atoms with Gasteiger partial charge in [-0.3, -0.25) is 4.21 Å². The van der Waals surface area contributed by atoms with Gasteiger partial charge in [-0.2, -0.15) is 0 Å². The topological polar surface area (TPSA) is 34.4 Å². The van der Waals surface area contributed by atoms with Crippen molar-refractivity contribution in [3.05, 3.63) is 57.1 Å². The third-order valence-electron chi connectivity index (χ3n) is 2.97. The van der Waals surface area contributed by atoms with Crippen LogP contribution in [0.3, 0.4) is 0 Å². The standard InChI is InChI=1S/C14H13ClN2OS2/c1-10-3-2-6-17-7-11(16-14(10)17)8-20(18)9-12-4-5-13(15)19-12/h2-7H,8-9H2,1H3. The molecule has 0 radical (unpaired) electrons. The summed E-state index contributed by atoms with van der Waals surface area (Å²) in [5, 5.41) is 0. The summed E-state index contributed by atoms with van der Waals surface area (Å²) in [5.74, 6) is 1.00. The van der Waals surface area contributed by atoms with E-state index in [1.807, 2.05) is 48.0 Å². The Balaban J connectivity index is 1.75. The Bertz CT molecular complexity index is 778. The van der Waals surface area contributed by atoms with Crippen LogP contribution >= 0.6 is 22.9 Å². The van der Waals surface area contributed by atoms with Crippen molar-refractivity contribution in [2.45, 2.75) is 18.4 Å². The van der Waals surface area contributed by atoms with Gasteiger partial charge in [-0.25, -0.2) is 4.98 Å². The van der Waals surface area contributed by atoms with E-state index in [0.717, 1.165) is 26.1 Å². The molecule has 3 heterocycles. The first kappa shape index (κ1) is 13.8. The van der Waals surface area contributed by atoms with Crippen LogP contribution in [0.25, 0.3) is 5.65 Å². The quantitative estimate of drug-likeness (QED) is 0.731. The van der Waals surface area contributed by atoms with E-state index in [1.54, 1.807) is 0 Å². The minimum Gasteiger partial charge on any atom is -0.307 e. The van der Waals surface area contributed by atoms with E-state index in [-0.39, 0.29) is 0 Å². The van der Waals surface area contributed by atoms with Gasteiger partial charge in [0.15, 0.2) is 0 Å². The summed E-state index contributed by atoms with van der Waals surface area (Å²) in [6.45, 7) is 2.02. The molecule has 3 rings (SSSR count). The lowest BCUT2D eigenvalue weighted by atomic mass is 10.3. The van der Waals surface area contributed by atoms with Gasteiger partial charge in [0.1, 0.15) is 5.65 Å². The summed E-state index contributed by atoms with van der Waals surface area (Å²) in [4.78, 5) is 5.60. The molecule has 0 bridgehead atoms. The fourth-order valence-corrected chi connectivity index (χ4v) is 4.58. The average Bonchev–Trinajstić information content (AvgIpc) is 2.96. The van der Waals surface area contributed by atoms with E-state index >= 15 is 0 Å². The van der Waals surface area contributed by atoms with Crippen LogP contribution in [0.15, 0.2) is 36.7 Å². The van der Waals surface area contributed by atoms with Gasteiger partial charge in [-0.1, -0.05) is 17.7 Å². The Kier molecular flexibility index (Phi) is 3.92. The maximum absolute atomic E-state index is 12.2. The second-order valence-corrected chi connectivity index (χ2v) is 7.85. The number of halogens is 1. The minimum absolute atomic E-state index is 0.469. The molecule has 3 nitrogen and oxygen atoms in total. The second-order valence-electron chi connectivity index (χ2n) is 4.59. The summed E-state index contributed by atoms with van der Waals surface area (Å²) >= 11 is 7.36. The summed E-state index contributed by atoms with van der Waals surface area (Å²) < 4.78 is 14.9. The van der Waals surface area contributed by atoms with Crippen molar-refractivity contribution in [1.29, 1.82) is 0 Å². The lowest BCUT2D eigenvalue weighted by molar-refractivity contribution is 0.682. The molecular weight excluding hydrogens is 312 g/mol. The van der Waals surface area contributed by atoms with Crippen LogP contribution < -0.4 is 0 Å². The normalized spacial score (nSPS) is 12.9. The molecule has 0 spiro atoms. The molecule has 0 aliphatic rings. The van der Waals surface area contributed by atoms with Crippen molar-refractivity contribution in [2.75, 3.05) is 0 Å². The van der Waals surface area contributed by atoms with Crippen LogP contribution in [0.5, 0.6) is 0 Å². The molecule has 104 valence electrons. The first-order chi connectivity index (χ1) is 9.61. The molecule has 20 heavy (non-hydrogen) atoms. The fourth-order valence-electron chi connectivity index (χ4n) is 2.08. The zero-order chi connectivity index (χ0) is 14.1. The Morgan fingerprint density at radius 1 is 1.35 bits per heavy atom. The van der Waals surface area contributed by atoms with E-state index in [9.17, 15) is 4.21 Å². The maximum atomic E-state index is 12.2. The summed E-state index contributed by atoms with van der Waals surface area (Å²) in [6, 6.07) is 7.78. The molecule has 0 aliphatic heterocycles. The molecule has 3 aromatic heterocycles. The molecule has 0 aromatic carbocycles. The number of rotatable bonds is 4. The number of imidazole rings is 1. The van der Waals surface area contributed by atoms with Gasteiger partial charge in [0.25, 0.3) is 0 Å². The number of hydrogen-bond donors (Lipinski definition) is 0. The number of aromatic nitrogens is 2. The van der Waals surface area contributed by atoms with Gasteiger partial charge in [0, 0.05) is 28.1 Å². The number of fused-ring (bicyclic) bond motifs is 1. The smallest absolute Gasteiger partial charge is 0.139 e. The highest BCUT2D eigenvalue weighted by Crippen LogP contribution is 2.23. The number of thiophene rings is 1. The monoisotopic (exact) mass is 324 g/mol. The van der Waals surface area contributed by atoms with Gasteiger partial charge in [0.2, 0.25) is 0 Å². The summed E-state index contributed by atoms with van der Waals surface area (Å²) in [5.41, 5.74) is 2.91. The van der Waals surface area contributed by atoms with E-state index in [1.165, 1.54) is 11.3 Å². The number of nitrogens with zero attached hydrogens (tertiary/aromatic N) is 2. The van der Waals surface area contributed by atoms with E-state index < -0.39 is 10.8 Å². The highest BCUT2D eigenvalue weighted by Gasteiger charge is 2.09. The van der Waals surface area contributed by atoms with Crippen molar-refractivity contribution in [2.24, 2.45) is 0 Å². The summed E-state index contributed by atoms with van der Waals surface area (Å²) in [7, 11) is -0.966. The van der Waals surface area contributed by atoms with Crippen LogP contribution in [-0.4, -0.2) is 13.6 Å². The van der Waals surface area contributed by atoms with E-state index in [0.29, 0.717) is 11.5 Å². The zero-order valence-corrected chi connectivity index (χ0v) is 13.3. The predicted octanol–water partition coefficient (Wildman–Crippen LogP) is 3.81. The van der Waals surface area contributed by atoms with Crippen LogP contribution in [-0.2, 0) is 22.3 Å². The van der Waals surface area contributed by atoms with Gasteiger partial charge in [-0.15, -0.1) is 11.3 Å². The molecule has 0 fully saturated rings. The number of hydrogen-bond acceptors (Lipinski definition) is 3. The van der Waals surface area contributed by atoms with Gasteiger partial charge < -0.3 is 4.40 Å². The molecule has 0 aliphatic carbocycles. The second kappa shape index (κ2) is 5.68. The Hall–Kier alpha value is -1.17. The van der Waals surface area contributed by atoms with Crippen molar-refractivity contribution in [1.82, 2.24) is 9.38 Å². The van der Waals surface area contributed by atoms with Gasteiger partial charge >= 0.3 is 0 Å². The van der Waals surface area contributed by atoms with Crippen LogP contribution in [0, 0.1) is 6.92 Å². The van der Waals surface area contributed by atoms with Crippen LogP contribution in [0.2, 0.25) is 4.34 Å². The average molecular weight is 325 g/mol. The third kappa shape index (κ3) is 2.95. The number of aryl methyl sites for hydroxylation is 1. The molecule has 1 atom stereocenters. The van der Waals surface area contributed by atoms with Crippen molar-refractivity contribution >= 4 is 39.4 Å². The molecule has 3 aromatic rings. The predicted molar refractivity (Wildman–Crippen MR) is 84.8 cm³/mol. The van der Waals surface area contributed by atoms with Gasteiger partial charge in [0.05, 0.1) is 21.5 Å². The SMILES string of the molecule is Cc1cccn2cc(CS(=O)Cc3ccc(Cl)s3)nc12. The lowest BCUT2D eigenvalue weighted by Gasteiger charge is -1.97. The molecule has 0 amide bonds. The lowest BCUT2D eigenvalue weighted by Crippen LogP contribution is -1.98.